The Morgan fingerprint density at radius 1 is 0.762 bits per heavy atom. The van der Waals surface area contributed by atoms with E-state index in [1.165, 1.54) is 0 Å². The minimum atomic E-state index is 0.396. The molecule has 0 fully saturated rings. The third-order valence-corrected chi connectivity index (χ3v) is 2.79. The number of anilines is 3. The Morgan fingerprint density at radius 3 is 2.14 bits per heavy atom. The molecule has 0 saturated carbocycles. The lowest BCUT2D eigenvalue weighted by Crippen LogP contribution is -1.97. The molecule has 3 aromatic rings. The molecule has 5 heteroatoms. The highest BCUT2D eigenvalue weighted by Crippen LogP contribution is 2.23. The van der Waals surface area contributed by atoms with Crippen molar-refractivity contribution in [2.75, 3.05) is 11.1 Å². The Kier molecular flexibility index (Phi) is 3.64. The van der Waals surface area contributed by atoms with E-state index in [-0.39, 0.29) is 0 Å². The maximum atomic E-state index is 5.73. The van der Waals surface area contributed by atoms with Gasteiger partial charge in [0.15, 0.2) is 5.82 Å². The van der Waals surface area contributed by atoms with Gasteiger partial charge in [0.05, 0.1) is 0 Å². The van der Waals surface area contributed by atoms with Crippen molar-refractivity contribution < 1.29 is 4.74 Å². The van der Waals surface area contributed by atoms with E-state index in [0.717, 1.165) is 17.2 Å². The highest BCUT2D eigenvalue weighted by Gasteiger charge is 1.99. The third kappa shape index (κ3) is 3.48. The number of nitrogens with zero attached hydrogens (tertiary/aromatic N) is 2. The molecule has 0 aliphatic heterocycles. The average Bonchev–Trinajstić information content (AvgIpc) is 2.53. The summed E-state index contributed by atoms with van der Waals surface area (Å²) in [4.78, 5) is 0. The lowest BCUT2D eigenvalue weighted by atomic mass is 10.3. The Hall–Kier alpha value is -3.08. The largest absolute Gasteiger partial charge is 0.457 e. The van der Waals surface area contributed by atoms with E-state index >= 15 is 0 Å². The lowest BCUT2D eigenvalue weighted by molar-refractivity contribution is 0.483. The van der Waals surface area contributed by atoms with Gasteiger partial charge in [-0.15, -0.1) is 10.2 Å². The second kappa shape index (κ2) is 5.92. The summed E-state index contributed by atoms with van der Waals surface area (Å²) >= 11 is 0. The van der Waals surface area contributed by atoms with Crippen LogP contribution in [0.25, 0.3) is 0 Å². The quantitative estimate of drug-likeness (QED) is 0.763. The van der Waals surface area contributed by atoms with Crippen LogP contribution >= 0.6 is 0 Å². The smallest absolute Gasteiger partial charge is 0.153 e. The monoisotopic (exact) mass is 278 g/mol. The Bertz CT molecular complexity index is 697. The zero-order chi connectivity index (χ0) is 14.5. The van der Waals surface area contributed by atoms with Crippen molar-refractivity contribution in [2.24, 2.45) is 0 Å². The van der Waals surface area contributed by atoms with Gasteiger partial charge in [-0.05, 0) is 48.5 Å². The summed E-state index contributed by atoms with van der Waals surface area (Å²) < 4.78 is 5.73. The van der Waals surface area contributed by atoms with Crippen molar-refractivity contribution in [3.8, 4) is 11.5 Å². The van der Waals surface area contributed by atoms with Gasteiger partial charge in [0.25, 0.3) is 0 Å². The number of nitrogens with two attached hydrogens (primary N) is 1. The van der Waals surface area contributed by atoms with E-state index in [4.69, 9.17) is 10.5 Å². The first-order valence-corrected chi connectivity index (χ1v) is 6.49. The number of nitrogens with one attached hydrogen (secondary N) is 1. The summed E-state index contributed by atoms with van der Waals surface area (Å²) in [7, 11) is 0. The van der Waals surface area contributed by atoms with Crippen LogP contribution < -0.4 is 15.8 Å². The van der Waals surface area contributed by atoms with Crippen molar-refractivity contribution in [3.63, 3.8) is 0 Å². The molecular weight excluding hydrogens is 264 g/mol. The summed E-state index contributed by atoms with van der Waals surface area (Å²) in [6.45, 7) is 0. The molecule has 0 amide bonds. The number of nitrogen functional groups attached to an aromatic ring is 1. The fraction of sp³-hybridized carbons (Fsp3) is 0. The SMILES string of the molecule is Nc1ccc(Nc2ccc(Oc3ccccc3)cc2)nn1. The van der Waals surface area contributed by atoms with Gasteiger partial charge in [-0.1, -0.05) is 18.2 Å². The average molecular weight is 278 g/mol. The summed E-state index contributed by atoms with van der Waals surface area (Å²) in [6, 6.07) is 20.7. The molecule has 3 rings (SSSR count). The van der Waals surface area contributed by atoms with E-state index in [0.29, 0.717) is 11.6 Å². The van der Waals surface area contributed by atoms with Gasteiger partial charge in [-0.3, -0.25) is 0 Å². The van der Waals surface area contributed by atoms with Crippen molar-refractivity contribution in [1.29, 1.82) is 0 Å². The predicted octanol–water partition coefficient (Wildman–Crippen LogP) is 3.59. The molecule has 2 aromatic carbocycles. The topological polar surface area (TPSA) is 73.1 Å². The van der Waals surface area contributed by atoms with Gasteiger partial charge in [-0.25, -0.2) is 0 Å². The van der Waals surface area contributed by atoms with Crippen LogP contribution in [0.3, 0.4) is 0 Å². The van der Waals surface area contributed by atoms with Crippen molar-refractivity contribution in [3.05, 3.63) is 66.7 Å². The molecule has 1 aromatic heterocycles. The molecule has 1 heterocycles. The highest BCUT2D eigenvalue weighted by molar-refractivity contribution is 5.57. The molecule has 0 saturated heterocycles. The van der Waals surface area contributed by atoms with Crippen LogP contribution in [-0.2, 0) is 0 Å². The molecule has 0 radical (unpaired) electrons. The fourth-order valence-electron chi connectivity index (χ4n) is 1.79. The third-order valence-electron chi connectivity index (χ3n) is 2.79. The molecule has 0 aliphatic rings. The molecule has 0 unspecified atom stereocenters. The minimum Gasteiger partial charge on any atom is -0.457 e. The van der Waals surface area contributed by atoms with Gasteiger partial charge < -0.3 is 15.8 Å². The van der Waals surface area contributed by atoms with Gasteiger partial charge in [0.2, 0.25) is 0 Å². The number of aromatic nitrogens is 2. The van der Waals surface area contributed by atoms with Gasteiger partial charge in [0.1, 0.15) is 17.3 Å². The zero-order valence-corrected chi connectivity index (χ0v) is 11.2. The van der Waals surface area contributed by atoms with Crippen LogP contribution in [0, 0.1) is 0 Å². The number of para-hydroxylation sites is 1. The van der Waals surface area contributed by atoms with Crippen LogP contribution in [0.5, 0.6) is 11.5 Å². The molecule has 0 aliphatic carbocycles. The number of hydrogen-bond acceptors (Lipinski definition) is 5. The molecule has 0 spiro atoms. The first-order chi connectivity index (χ1) is 10.3. The maximum Gasteiger partial charge on any atom is 0.153 e. The number of rotatable bonds is 4. The number of benzene rings is 2. The predicted molar refractivity (Wildman–Crippen MR) is 82.7 cm³/mol. The van der Waals surface area contributed by atoms with E-state index < -0.39 is 0 Å². The van der Waals surface area contributed by atoms with E-state index in [2.05, 4.69) is 15.5 Å². The molecule has 5 nitrogen and oxygen atoms in total. The van der Waals surface area contributed by atoms with Crippen LogP contribution in [0.4, 0.5) is 17.3 Å². The molecule has 21 heavy (non-hydrogen) atoms. The Labute approximate surface area is 122 Å². The minimum absolute atomic E-state index is 0.396. The molecule has 3 N–H and O–H groups in total. The molecular formula is C16H14N4O. The Morgan fingerprint density at radius 2 is 1.48 bits per heavy atom. The van der Waals surface area contributed by atoms with E-state index in [1.54, 1.807) is 12.1 Å². The van der Waals surface area contributed by atoms with Crippen molar-refractivity contribution in [2.45, 2.75) is 0 Å². The fourth-order valence-corrected chi connectivity index (χ4v) is 1.79. The lowest BCUT2D eigenvalue weighted by Gasteiger charge is -2.08. The van der Waals surface area contributed by atoms with E-state index in [1.807, 2.05) is 54.6 Å². The summed E-state index contributed by atoms with van der Waals surface area (Å²) in [5.74, 6) is 2.62. The summed E-state index contributed by atoms with van der Waals surface area (Å²) in [5, 5.41) is 10.9. The van der Waals surface area contributed by atoms with Crippen LogP contribution in [0.15, 0.2) is 66.7 Å². The van der Waals surface area contributed by atoms with E-state index in [9.17, 15) is 0 Å². The molecule has 104 valence electrons. The van der Waals surface area contributed by atoms with Crippen LogP contribution in [0.1, 0.15) is 0 Å². The van der Waals surface area contributed by atoms with Crippen LogP contribution in [0.2, 0.25) is 0 Å². The summed E-state index contributed by atoms with van der Waals surface area (Å²) in [5.41, 5.74) is 6.39. The number of hydrogen-bond donors (Lipinski definition) is 2. The van der Waals surface area contributed by atoms with Crippen molar-refractivity contribution in [1.82, 2.24) is 10.2 Å². The van der Waals surface area contributed by atoms with Crippen LogP contribution in [-0.4, -0.2) is 10.2 Å². The second-order valence-corrected chi connectivity index (χ2v) is 4.41. The first kappa shape index (κ1) is 12.9. The van der Waals surface area contributed by atoms with Gasteiger partial charge in [0, 0.05) is 5.69 Å². The maximum absolute atomic E-state index is 5.73. The normalized spacial score (nSPS) is 10.1. The first-order valence-electron chi connectivity index (χ1n) is 6.49. The van der Waals surface area contributed by atoms with Gasteiger partial charge >= 0.3 is 0 Å². The van der Waals surface area contributed by atoms with Crippen molar-refractivity contribution >= 4 is 17.3 Å². The summed E-state index contributed by atoms with van der Waals surface area (Å²) in [6.07, 6.45) is 0. The zero-order valence-electron chi connectivity index (χ0n) is 11.2. The number of ether oxygens (including phenoxy) is 1. The highest BCUT2D eigenvalue weighted by atomic mass is 16.5. The second-order valence-electron chi connectivity index (χ2n) is 4.41. The molecule has 0 atom stereocenters. The molecule has 0 bridgehead atoms. The standard InChI is InChI=1S/C16H14N4O/c17-15-10-11-16(20-19-15)18-12-6-8-14(9-7-12)21-13-4-2-1-3-5-13/h1-11H,(H2,17,19)(H,18,20). The Balaban J connectivity index is 1.68. The van der Waals surface area contributed by atoms with Gasteiger partial charge in [-0.2, -0.15) is 0 Å².